The predicted octanol–water partition coefficient (Wildman–Crippen LogP) is 2.52. The fraction of sp³-hybridized carbons (Fsp3) is 0.467. The summed E-state index contributed by atoms with van der Waals surface area (Å²) in [6, 6.07) is 7.05. The van der Waals surface area contributed by atoms with Crippen molar-refractivity contribution in [1.82, 2.24) is 4.90 Å². The van der Waals surface area contributed by atoms with Gasteiger partial charge in [-0.3, -0.25) is 9.59 Å². The molecule has 0 atom stereocenters. The highest BCUT2D eigenvalue weighted by Gasteiger charge is 2.22. The normalized spacial score (nSPS) is 15.3. The van der Waals surface area contributed by atoms with E-state index in [1.165, 1.54) is 4.90 Å². The number of hydrogen-bond acceptors (Lipinski definition) is 2. The highest BCUT2D eigenvalue weighted by Crippen LogP contribution is 2.26. The van der Waals surface area contributed by atoms with Crippen molar-refractivity contribution in [2.75, 3.05) is 19.4 Å². The van der Waals surface area contributed by atoms with Gasteiger partial charge in [0, 0.05) is 31.3 Å². The lowest BCUT2D eigenvalue weighted by atomic mass is 10.1. The van der Waals surface area contributed by atoms with E-state index in [2.05, 4.69) is 5.32 Å². The van der Waals surface area contributed by atoms with Crippen LogP contribution in [0.1, 0.15) is 36.0 Å². The topological polar surface area (TPSA) is 49.4 Å². The van der Waals surface area contributed by atoms with E-state index in [1.54, 1.807) is 38.4 Å². The van der Waals surface area contributed by atoms with E-state index in [4.69, 9.17) is 0 Å². The van der Waals surface area contributed by atoms with Gasteiger partial charge in [0.15, 0.2) is 0 Å². The average molecular weight is 260 g/mol. The third-order valence-corrected chi connectivity index (χ3v) is 3.53. The molecule has 2 rings (SSSR count). The zero-order valence-corrected chi connectivity index (χ0v) is 11.5. The summed E-state index contributed by atoms with van der Waals surface area (Å²) in [6.45, 7) is 0. The van der Waals surface area contributed by atoms with Crippen molar-refractivity contribution in [1.29, 1.82) is 0 Å². The minimum Gasteiger partial charge on any atom is -0.345 e. The smallest absolute Gasteiger partial charge is 0.253 e. The molecule has 4 nitrogen and oxygen atoms in total. The summed E-state index contributed by atoms with van der Waals surface area (Å²) in [5.74, 6) is 0.223. The Morgan fingerprint density at radius 1 is 1.11 bits per heavy atom. The van der Waals surface area contributed by atoms with Crippen molar-refractivity contribution in [3.63, 3.8) is 0 Å². The summed E-state index contributed by atoms with van der Waals surface area (Å²) in [4.78, 5) is 25.2. The molecule has 1 aromatic carbocycles. The predicted molar refractivity (Wildman–Crippen MR) is 75.0 cm³/mol. The summed E-state index contributed by atoms with van der Waals surface area (Å²) in [6.07, 6.45) is 4.27. The summed E-state index contributed by atoms with van der Waals surface area (Å²) >= 11 is 0. The lowest BCUT2D eigenvalue weighted by Gasteiger charge is -2.12. The molecule has 0 aliphatic heterocycles. The molecule has 102 valence electrons. The molecular weight excluding hydrogens is 240 g/mol. The third kappa shape index (κ3) is 3.34. The van der Waals surface area contributed by atoms with Crippen LogP contribution in [0.5, 0.6) is 0 Å². The van der Waals surface area contributed by atoms with Crippen molar-refractivity contribution < 1.29 is 9.59 Å². The Bertz CT molecular complexity index is 460. The second-order valence-corrected chi connectivity index (χ2v) is 5.25. The molecule has 1 aliphatic carbocycles. The van der Waals surface area contributed by atoms with Crippen LogP contribution >= 0.6 is 0 Å². The Morgan fingerprint density at radius 2 is 1.68 bits per heavy atom. The summed E-state index contributed by atoms with van der Waals surface area (Å²) in [5.41, 5.74) is 1.39. The fourth-order valence-corrected chi connectivity index (χ4v) is 2.39. The molecule has 0 unspecified atom stereocenters. The van der Waals surface area contributed by atoms with Crippen molar-refractivity contribution in [2.24, 2.45) is 5.92 Å². The molecule has 0 aromatic heterocycles. The number of nitrogens with one attached hydrogen (secondary N) is 1. The van der Waals surface area contributed by atoms with Crippen LogP contribution in [0.2, 0.25) is 0 Å². The van der Waals surface area contributed by atoms with Gasteiger partial charge in [-0.05, 0) is 37.1 Å². The number of hydrogen-bond donors (Lipinski definition) is 1. The average Bonchev–Trinajstić information content (AvgIpc) is 2.92. The van der Waals surface area contributed by atoms with Gasteiger partial charge in [-0.25, -0.2) is 0 Å². The zero-order chi connectivity index (χ0) is 13.8. The van der Waals surface area contributed by atoms with Crippen molar-refractivity contribution >= 4 is 17.5 Å². The van der Waals surface area contributed by atoms with Crippen LogP contribution in [0.4, 0.5) is 5.69 Å². The van der Waals surface area contributed by atoms with Gasteiger partial charge in [-0.15, -0.1) is 0 Å². The minimum atomic E-state index is -0.0336. The monoisotopic (exact) mass is 260 g/mol. The highest BCUT2D eigenvalue weighted by molar-refractivity contribution is 5.96. The third-order valence-electron chi connectivity index (χ3n) is 3.53. The van der Waals surface area contributed by atoms with Gasteiger partial charge in [0.05, 0.1) is 0 Å². The lowest BCUT2D eigenvalue weighted by Crippen LogP contribution is -2.22. The Labute approximate surface area is 113 Å². The SMILES string of the molecule is CN(C)C(=O)c1ccc(NC(=O)C2CCCC2)cc1. The first-order valence-electron chi connectivity index (χ1n) is 6.70. The molecule has 1 aromatic rings. The summed E-state index contributed by atoms with van der Waals surface area (Å²) < 4.78 is 0. The largest absolute Gasteiger partial charge is 0.345 e. The standard InChI is InChI=1S/C15H20N2O2/c1-17(2)15(19)12-7-9-13(10-8-12)16-14(18)11-5-3-4-6-11/h7-11H,3-6H2,1-2H3,(H,16,18). The van der Waals surface area contributed by atoms with Gasteiger partial charge in [-0.2, -0.15) is 0 Å². The van der Waals surface area contributed by atoms with E-state index in [-0.39, 0.29) is 17.7 Å². The Kier molecular flexibility index (Phi) is 4.20. The van der Waals surface area contributed by atoms with E-state index < -0.39 is 0 Å². The molecule has 0 saturated heterocycles. The lowest BCUT2D eigenvalue weighted by molar-refractivity contribution is -0.119. The highest BCUT2D eigenvalue weighted by atomic mass is 16.2. The summed E-state index contributed by atoms with van der Waals surface area (Å²) in [5, 5.41) is 2.92. The number of benzene rings is 1. The Hall–Kier alpha value is -1.84. The maximum atomic E-state index is 12.0. The van der Waals surface area contributed by atoms with Crippen molar-refractivity contribution in [2.45, 2.75) is 25.7 Å². The van der Waals surface area contributed by atoms with Gasteiger partial charge in [0.25, 0.3) is 5.91 Å². The number of carbonyl (C=O) groups is 2. The first-order valence-corrected chi connectivity index (χ1v) is 6.70. The molecule has 1 fully saturated rings. The van der Waals surface area contributed by atoms with E-state index in [0.717, 1.165) is 31.4 Å². The van der Waals surface area contributed by atoms with Crippen LogP contribution in [-0.4, -0.2) is 30.8 Å². The van der Waals surface area contributed by atoms with Gasteiger partial charge in [0.2, 0.25) is 5.91 Å². The molecule has 2 amide bonds. The first-order chi connectivity index (χ1) is 9.08. The van der Waals surface area contributed by atoms with Gasteiger partial charge < -0.3 is 10.2 Å². The molecule has 0 radical (unpaired) electrons. The number of amides is 2. The molecule has 19 heavy (non-hydrogen) atoms. The number of anilines is 1. The second-order valence-electron chi connectivity index (χ2n) is 5.25. The zero-order valence-electron chi connectivity index (χ0n) is 11.5. The minimum absolute atomic E-state index is 0.0336. The molecule has 1 saturated carbocycles. The van der Waals surface area contributed by atoms with Crippen LogP contribution in [-0.2, 0) is 4.79 Å². The maximum Gasteiger partial charge on any atom is 0.253 e. The van der Waals surface area contributed by atoms with Gasteiger partial charge in [0.1, 0.15) is 0 Å². The first kappa shape index (κ1) is 13.6. The van der Waals surface area contributed by atoms with Crippen LogP contribution in [0, 0.1) is 5.92 Å². The molecule has 0 spiro atoms. The molecule has 0 bridgehead atoms. The van der Waals surface area contributed by atoms with Crippen LogP contribution in [0.25, 0.3) is 0 Å². The van der Waals surface area contributed by atoms with Crippen molar-refractivity contribution in [3.8, 4) is 0 Å². The van der Waals surface area contributed by atoms with E-state index in [9.17, 15) is 9.59 Å². The summed E-state index contributed by atoms with van der Waals surface area (Å²) in [7, 11) is 3.44. The second kappa shape index (κ2) is 5.87. The van der Waals surface area contributed by atoms with Crippen LogP contribution in [0.3, 0.4) is 0 Å². The molecular formula is C15H20N2O2. The quantitative estimate of drug-likeness (QED) is 0.907. The number of nitrogens with zero attached hydrogens (tertiary/aromatic N) is 1. The van der Waals surface area contributed by atoms with Crippen LogP contribution < -0.4 is 5.32 Å². The number of rotatable bonds is 3. The fourth-order valence-electron chi connectivity index (χ4n) is 2.39. The van der Waals surface area contributed by atoms with E-state index in [1.807, 2.05) is 0 Å². The Balaban J connectivity index is 1.98. The van der Waals surface area contributed by atoms with Crippen molar-refractivity contribution in [3.05, 3.63) is 29.8 Å². The number of carbonyl (C=O) groups excluding carboxylic acids is 2. The molecule has 1 N–H and O–H groups in total. The van der Waals surface area contributed by atoms with E-state index >= 15 is 0 Å². The molecule has 0 heterocycles. The van der Waals surface area contributed by atoms with Crippen LogP contribution in [0.15, 0.2) is 24.3 Å². The van der Waals surface area contributed by atoms with E-state index in [0.29, 0.717) is 5.56 Å². The molecule has 4 heteroatoms. The van der Waals surface area contributed by atoms with Gasteiger partial charge >= 0.3 is 0 Å². The molecule has 1 aliphatic rings. The maximum absolute atomic E-state index is 12.0. The van der Waals surface area contributed by atoms with Gasteiger partial charge in [-0.1, -0.05) is 12.8 Å². The Morgan fingerprint density at radius 3 is 2.21 bits per heavy atom.